The van der Waals surface area contributed by atoms with E-state index in [0.29, 0.717) is 31.7 Å². The maximum Gasteiger partial charge on any atom is 0.280 e. The smallest absolute Gasteiger partial charge is 0.280 e. The molecule has 1 aromatic rings. The number of amides is 1. The number of hydrogen-bond donors (Lipinski definition) is 2. The van der Waals surface area contributed by atoms with Crippen LogP contribution in [0, 0.1) is 0 Å². The fourth-order valence-corrected chi connectivity index (χ4v) is 4.86. The number of aryl methyl sites for hydroxylation is 1. The SMILES string of the molecule is CCc1ccc([C@H]2CCCN2S(=O)(=O)N[C@H]2CCC(=O)NC2)o1. The Labute approximate surface area is 136 Å². The van der Waals surface area contributed by atoms with Crippen LogP contribution in [0.4, 0.5) is 0 Å². The summed E-state index contributed by atoms with van der Waals surface area (Å²) in [7, 11) is -3.60. The van der Waals surface area contributed by atoms with Gasteiger partial charge in [-0.3, -0.25) is 4.79 Å². The summed E-state index contributed by atoms with van der Waals surface area (Å²) < 4.78 is 35.4. The highest BCUT2D eigenvalue weighted by molar-refractivity contribution is 7.87. The summed E-state index contributed by atoms with van der Waals surface area (Å²) in [4.78, 5) is 11.2. The number of hydrogen-bond acceptors (Lipinski definition) is 4. The highest BCUT2D eigenvalue weighted by Crippen LogP contribution is 2.35. The van der Waals surface area contributed by atoms with Gasteiger partial charge in [0.2, 0.25) is 5.91 Å². The van der Waals surface area contributed by atoms with Crippen molar-refractivity contribution in [1.29, 1.82) is 0 Å². The lowest BCUT2D eigenvalue weighted by Crippen LogP contribution is -2.51. The molecule has 2 aliphatic rings. The molecule has 0 spiro atoms. The molecule has 7 nitrogen and oxygen atoms in total. The van der Waals surface area contributed by atoms with Crippen LogP contribution >= 0.6 is 0 Å². The third kappa shape index (κ3) is 3.59. The van der Waals surface area contributed by atoms with Gasteiger partial charge in [0, 0.05) is 32.0 Å². The normalized spacial score (nSPS) is 26.4. The van der Waals surface area contributed by atoms with Crippen LogP contribution < -0.4 is 10.0 Å². The molecule has 0 aliphatic carbocycles. The van der Waals surface area contributed by atoms with Crippen LogP contribution in [0.15, 0.2) is 16.5 Å². The minimum absolute atomic E-state index is 0.0258. The molecule has 23 heavy (non-hydrogen) atoms. The van der Waals surface area contributed by atoms with Crippen molar-refractivity contribution in [2.45, 2.75) is 51.1 Å². The van der Waals surface area contributed by atoms with Gasteiger partial charge < -0.3 is 9.73 Å². The second-order valence-corrected chi connectivity index (χ2v) is 7.74. The van der Waals surface area contributed by atoms with Gasteiger partial charge in [-0.05, 0) is 31.4 Å². The van der Waals surface area contributed by atoms with Crippen LogP contribution in [-0.2, 0) is 21.4 Å². The molecule has 0 bridgehead atoms. The second-order valence-electron chi connectivity index (χ2n) is 6.09. The summed E-state index contributed by atoms with van der Waals surface area (Å²) in [5.74, 6) is 1.55. The van der Waals surface area contributed by atoms with E-state index in [1.807, 2.05) is 19.1 Å². The van der Waals surface area contributed by atoms with E-state index in [2.05, 4.69) is 10.0 Å². The highest BCUT2D eigenvalue weighted by Gasteiger charge is 2.38. The minimum atomic E-state index is -3.60. The largest absolute Gasteiger partial charge is 0.464 e. The molecule has 2 saturated heterocycles. The Balaban J connectivity index is 1.71. The number of nitrogens with one attached hydrogen (secondary N) is 2. The van der Waals surface area contributed by atoms with Crippen LogP contribution in [0.2, 0.25) is 0 Å². The number of furan rings is 1. The zero-order valence-corrected chi connectivity index (χ0v) is 14.1. The highest BCUT2D eigenvalue weighted by atomic mass is 32.2. The molecular formula is C15H23N3O4S. The van der Waals surface area contributed by atoms with E-state index in [4.69, 9.17) is 4.42 Å². The molecular weight excluding hydrogens is 318 g/mol. The Hall–Kier alpha value is -1.38. The first-order valence-corrected chi connectivity index (χ1v) is 9.58. The van der Waals surface area contributed by atoms with E-state index in [1.165, 1.54) is 4.31 Å². The minimum Gasteiger partial charge on any atom is -0.464 e. The van der Waals surface area contributed by atoms with Crippen LogP contribution in [0.1, 0.15) is 50.2 Å². The average molecular weight is 341 g/mol. The number of carbonyl (C=O) groups is 1. The van der Waals surface area contributed by atoms with Gasteiger partial charge in [0.05, 0.1) is 6.04 Å². The maximum atomic E-state index is 12.7. The molecule has 3 heterocycles. The Bertz CT molecular complexity index is 660. The summed E-state index contributed by atoms with van der Waals surface area (Å²) in [5.41, 5.74) is 0. The quantitative estimate of drug-likeness (QED) is 0.839. The van der Waals surface area contributed by atoms with E-state index >= 15 is 0 Å². The first kappa shape index (κ1) is 16.5. The van der Waals surface area contributed by atoms with Crippen molar-refractivity contribution < 1.29 is 17.6 Å². The van der Waals surface area contributed by atoms with Crippen LogP contribution in [-0.4, -0.2) is 37.8 Å². The van der Waals surface area contributed by atoms with Crippen molar-refractivity contribution in [3.05, 3.63) is 23.7 Å². The van der Waals surface area contributed by atoms with Crippen LogP contribution in [0.3, 0.4) is 0 Å². The summed E-state index contributed by atoms with van der Waals surface area (Å²) in [5, 5.41) is 2.70. The molecule has 0 aromatic carbocycles. The molecule has 0 unspecified atom stereocenters. The Morgan fingerprint density at radius 2 is 2.22 bits per heavy atom. The van der Waals surface area contributed by atoms with Crippen LogP contribution in [0.25, 0.3) is 0 Å². The first-order chi connectivity index (χ1) is 11.0. The molecule has 1 amide bonds. The Morgan fingerprint density at radius 3 is 2.87 bits per heavy atom. The van der Waals surface area contributed by atoms with E-state index in [9.17, 15) is 13.2 Å². The number of piperidine rings is 1. The molecule has 2 N–H and O–H groups in total. The van der Waals surface area contributed by atoms with E-state index < -0.39 is 10.2 Å². The van der Waals surface area contributed by atoms with Gasteiger partial charge in [-0.1, -0.05) is 6.92 Å². The molecule has 2 aliphatic heterocycles. The molecule has 1 aromatic heterocycles. The summed E-state index contributed by atoms with van der Waals surface area (Å²) >= 11 is 0. The summed E-state index contributed by atoms with van der Waals surface area (Å²) in [6, 6.07) is 3.29. The van der Waals surface area contributed by atoms with Gasteiger partial charge in [-0.25, -0.2) is 0 Å². The van der Waals surface area contributed by atoms with Crippen molar-refractivity contribution in [3.8, 4) is 0 Å². The molecule has 2 fully saturated rings. The van der Waals surface area contributed by atoms with Crippen molar-refractivity contribution in [1.82, 2.24) is 14.3 Å². The number of nitrogens with zero attached hydrogens (tertiary/aromatic N) is 1. The van der Waals surface area contributed by atoms with E-state index in [-0.39, 0.29) is 18.0 Å². The van der Waals surface area contributed by atoms with E-state index in [1.54, 1.807) is 0 Å². The molecule has 2 atom stereocenters. The van der Waals surface area contributed by atoms with Crippen molar-refractivity contribution >= 4 is 16.1 Å². The third-order valence-corrected chi connectivity index (χ3v) is 6.14. The van der Waals surface area contributed by atoms with E-state index in [0.717, 1.165) is 25.0 Å². The summed E-state index contributed by atoms with van der Waals surface area (Å²) in [6.07, 6.45) is 3.26. The van der Waals surface area contributed by atoms with Crippen molar-refractivity contribution in [2.24, 2.45) is 0 Å². The van der Waals surface area contributed by atoms with Gasteiger partial charge in [-0.2, -0.15) is 17.4 Å². The predicted octanol–water partition coefficient (Wildman–Crippen LogP) is 1.09. The monoisotopic (exact) mass is 341 g/mol. The molecule has 0 radical (unpaired) electrons. The van der Waals surface area contributed by atoms with Crippen LogP contribution in [0.5, 0.6) is 0 Å². The average Bonchev–Trinajstić information content (AvgIpc) is 3.17. The standard InChI is InChI=1S/C15H23N3O4S/c1-2-12-6-7-14(22-12)13-4-3-9-18(13)23(20,21)17-11-5-8-15(19)16-10-11/h6-7,11,13,17H,2-5,8-10H2,1H3,(H,16,19)/t11-,13+/m0/s1. The Morgan fingerprint density at radius 1 is 1.39 bits per heavy atom. The second kappa shape index (κ2) is 6.62. The zero-order chi connectivity index (χ0) is 16.4. The lowest BCUT2D eigenvalue weighted by molar-refractivity contribution is -0.122. The van der Waals surface area contributed by atoms with Gasteiger partial charge in [0.15, 0.2) is 0 Å². The molecule has 128 valence electrons. The lowest BCUT2D eigenvalue weighted by atomic mass is 10.1. The maximum absolute atomic E-state index is 12.7. The first-order valence-electron chi connectivity index (χ1n) is 8.14. The lowest BCUT2D eigenvalue weighted by Gasteiger charge is -2.28. The van der Waals surface area contributed by atoms with Gasteiger partial charge in [-0.15, -0.1) is 0 Å². The molecule has 3 rings (SSSR count). The molecule has 8 heteroatoms. The molecule has 0 saturated carbocycles. The fraction of sp³-hybridized carbons (Fsp3) is 0.667. The predicted molar refractivity (Wildman–Crippen MR) is 84.9 cm³/mol. The topological polar surface area (TPSA) is 91.7 Å². The van der Waals surface area contributed by atoms with Gasteiger partial charge in [0.1, 0.15) is 11.5 Å². The zero-order valence-electron chi connectivity index (χ0n) is 13.2. The number of carbonyl (C=O) groups excluding carboxylic acids is 1. The van der Waals surface area contributed by atoms with Gasteiger partial charge >= 0.3 is 0 Å². The Kier molecular flexibility index (Phi) is 4.74. The van der Waals surface area contributed by atoms with Crippen molar-refractivity contribution in [2.75, 3.05) is 13.1 Å². The van der Waals surface area contributed by atoms with Gasteiger partial charge in [0.25, 0.3) is 10.2 Å². The third-order valence-electron chi connectivity index (χ3n) is 4.45. The van der Waals surface area contributed by atoms with Crippen molar-refractivity contribution in [3.63, 3.8) is 0 Å². The summed E-state index contributed by atoms with van der Waals surface area (Å²) in [6.45, 7) is 2.84. The number of rotatable bonds is 5. The fourth-order valence-electron chi connectivity index (χ4n) is 3.19.